The summed E-state index contributed by atoms with van der Waals surface area (Å²) < 4.78 is 6.78. The number of anilines is 1. The zero-order chi connectivity index (χ0) is 24.1. The summed E-state index contributed by atoms with van der Waals surface area (Å²) in [7, 11) is 1.85. The summed E-state index contributed by atoms with van der Waals surface area (Å²) in [5.41, 5.74) is 1.21. The number of rotatable bonds is 3. The number of ether oxygens (including phenoxy) is 1. The van der Waals surface area contributed by atoms with E-state index in [1.54, 1.807) is 9.58 Å². The lowest BCUT2D eigenvalue weighted by molar-refractivity contribution is 0.0654. The monoisotopic (exact) mass is 470 g/mol. The Morgan fingerprint density at radius 1 is 1.03 bits per heavy atom. The van der Waals surface area contributed by atoms with Gasteiger partial charge in [-0.3, -0.25) is 4.79 Å². The van der Waals surface area contributed by atoms with Gasteiger partial charge in [0.2, 0.25) is 0 Å². The average Bonchev–Trinajstić information content (AvgIpc) is 3.30. The zero-order valence-corrected chi connectivity index (χ0v) is 20.8. The van der Waals surface area contributed by atoms with Crippen LogP contribution < -0.4 is 4.90 Å². The molecule has 0 bridgehead atoms. The second-order valence-electron chi connectivity index (χ2n) is 9.45. The molecular formula is C25H38N6O3. The molecule has 0 saturated carbocycles. The summed E-state index contributed by atoms with van der Waals surface area (Å²) in [5, 5.41) is 5.34. The molecule has 5 heterocycles. The normalized spacial score (nSPS) is 19.6. The first kappa shape index (κ1) is 24.3. The number of piperidine rings is 1. The number of aromatic nitrogens is 3. The van der Waals surface area contributed by atoms with Crippen molar-refractivity contribution in [1.29, 1.82) is 0 Å². The van der Waals surface area contributed by atoms with Crippen molar-refractivity contribution in [1.82, 2.24) is 24.6 Å². The van der Waals surface area contributed by atoms with E-state index in [4.69, 9.17) is 9.72 Å². The molecule has 2 aromatic rings. The maximum atomic E-state index is 13.3. The van der Waals surface area contributed by atoms with Crippen LogP contribution in [-0.2, 0) is 11.8 Å². The van der Waals surface area contributed by atoms with Gasteiger partial charge in [-0.1, -0.05) is 33.1 Å². The first-order chi connectivity index (χ1) is 16.5. The topological polar surface area (TPSA) is 83.8 Å². The molecule has 186 valence electrons. The zero-order valence-electron chi connectivity index (χ0n) is 20.8. The molecule has 0 aliphatic carbocycles. The molecule has 0 radical (unpaired) electrons. The summed E-state index contributed by atoms with van der Waals surface area (Å²) >= 11 is 0. The highest BCUT2D eigenvalue weighted by molar-refractivity contribution is 6.04. The Hall–Kier alpha value is -2.84. The van der Waals surface area contributed by atoms with Crippen LogP contribution in [0, 0.1) is 0 Å². The predicted octanol–water partition coefficient (Wildman–Crippen LogP) is 3.82. The highest BCUT2D eigenvalue weighted by Crippen LogP contribution is 2.26. The van der Waals surface area contributed by atoms with Crippen LogP contribution in [-0.4, -0.2) is 81.9 Å². The van der Waals surface area contributed by atoms with E-state index in [2.05, 4.69) is 23.8 Å². The van der Waals surface area contributed by atoms with E-state index in [0.717, 1.165) is 42.8 Å². The van der Waals surface area contributed by atoms with Crippen LogP contribution in [0.3, 0.4) is 0 Å². The smallest absolute Gasteiger partial charge is 0.410 e. The number of hydrogen-bond donors (Lipinski definition) is 0. The van der Waals surface area contributed by atoms with E-state index in [-0.39, 0.29) is 18.0 Å². The van der Waals surface area contributed by atoms with Gasteiger partial charge in [0.05, 0.1) is 11.9 Å². The molecule has 3 saturated heterocycles. The van der Waals surface area contributed by atoms with E-state index in [1.807, 2.05) is 24.1 Å². The van der Waals surface area contributed by atoms with Gasteiger partial charge in [-0.15, -0.1) is 0 Å². The van der Waals surface area contributed by atoms with Gasteiger partial charge < -0.3 is 19.4 Å². The summed E-state index contributed by atoms with van der Waals surface area (Å²) in [6.45, 7) is 8.65. The van der Waals surface area contributed by atoms with Gasteiger partial charge in [-0.25, -0.2) is 14.5 Å². The number of carbonyl (C=O) groups is 2. The van der Waals surface area contributed by atoms with Gasteiger partial charge in [0, 0.05) is 39.3 Å². The summed E-state index contributed by atoms with van der Waals surface area (Å²) in [6, 6.07) is 4.17. The Kier molecular flexibility index (Phi) is 7.90. The van der Waals surface area contributed by atoms with E-state index in [1.165, 1.54) is 32.1 Å². The quantitative estimate of drug-likeness (QED) is 0.678. The number of carbonyl (C=O) groups excluding carboxylic acids is 2. The largest absolute Gasteiger partial charge is 0.448 e. The summed E-state index contributed by atoms with van der Waals surface area (Å²) in [4.78, 5) is 35.9. The minimum Gasteiger partial charge on any atom is -0.448 e. The van der Waals surface area contributed by atoms with Gasteiger partial charge in [0.25, 0.3) is 5.91 Å². The molecule has 5 rings (SSSR count). The molecular weight excluding hydrogens is 432 g/mol. The molecule has 0 aromatic carbocycles. The van der Waals surface area contributed by atoms with Crippen LogP contribution in [0.2, 0.25) is 0 Å². The lowest BCUT2D eigenvalue weighted by Crippen LogP contribution is -2.47. The first-order valence-electron chi connectivity index (χ1n) is 12.8. The third-order valence-corrected chi connectivity index (χ3v) is 6.79. The Morgan fingerprint density at radius 3 is 2.32 bits per heavy atom. The number of pyridine rings is 1. The van der Waals surface area contributed by atoms with E-state index >= 15 is 0 Å². The predicted molar refractivity (Wildman–Crippen MR) is 132 cm³/mol. The third-order valence-electron chi connectivity index (χ3n) is 6.79. The first-order valence-corrected chi connectivity index (χ1v) is 12.8. The summed E-state index contributed by atoms with van der Waals surface area (Å²) in [5.74, 6) is 0.909. The highest BCUT2D eigenvalue weighted by atomic mass is 16.6. The van der Waals surface area contributed by atoms with Gasteiger partial charge in [-0.05, 0) is 37.8 Å². The lowest BCUT2D eigenvalue weighted by Gasteiger charge is -2.35. The molecule has 2 amide bonds. The van der Waals surface area contributed by atoms with Crippen molar-refractivity contribution < 1.29 is 14.3 Å². The van der Waals surface area contributed by atoms with E-state index in [0.29, 0.717) is 31.9 Å². The Bertz CT molecular complexity index is 990. The number of likely N-dealkylation sites (tertiary alicyclic amines) is 1. The molecule has 3 aliphatic rings. The fraction of sp³-hybridized carbons (Fsp3) is 0.680. The molecule has 2 aromatic heterocycles. The number of cyclic esters (lactones) is 1. The molecule has 9 nitrogen and oxygen atoms in total. The molecule has 3 aliphatic heterocycles. The second kappa shape index (κ2) is 11.1. The SMILES string of the molecule is CCC.Cn1nc(C(=O)N2CCC(N3CCOC3=O)CC2)c2ccc(N3CCCCCC3)nc21. The molecule has 3 fully saturated rings. The van der Waals surface area contributed by atoms with Gasteiger partial charge in [0.1, 0.15) is 12.4 Å². The van der Waals surface area contributed by atoms with Crippen molar-refractivity contribution in [3.8, 4) is 0 Å². The van der Waals surface area contributed by atoms with Crippen LogP contribution in [0.4, 0.5) is 10.6 Å². The molecule has 9 heteroatoms. The second-order valence-corrected chi connectivity index (χ2v) is 9.45. The Balaban J connectivity index is 0.000000868. The van der Waals surface area contributed by atoms with Crippen LogP contribution in [0.25, 0.3) is 11.0 Å². The van der Waals surface area contributed by atoms with Gasteiger partial charge in [0.15, 0.2) is 11.3 Å². The third kappa shape index (κ3) is 5.13. The molecule has 34 heavy (non-hydrogen) atoms. The number of amides is 2. The minimum absolute atomic E-state index is 0.0580. The average molecular weight is 471 g/mol. The van der Waals surface area contributed by atoms with E-state index in [9.17, 15) is 9.59 Å². The number of hydrogen-bond acceptors (Lipinski definition) is 6. The fourth-order valence-corrected chi connectivity index (χ4v) is 5.02. The maximum Gasteiger partial charge on any atom is 0.410 e. The van der Waals surface area contributed by atoms with Gasteiger partial charge in [-0.2, -0.15) is 5.10 Å². The van der Waals surface area contributed by atoms with Crippen molar-refractivity contribution in [2.45, 2.75) is 64.8 Å². The maximum absolute atomic E-state index is 13.3. The molecule has 0 N–H and O–H groups in total. The van der Waals surface area contributed by atoms with Crippen molar-refractivity contribution in [3.05, 3.63) is 17.8 Å². The van der Waals surface area contributed by atoms with E-state index < -0.39 is 0 Å². The Morgan fingerprint density at radius 2 is 1.71 bits per heavy atom. The number of aryl methyl sites for hydroxylation is 1. The van der Waals surface area contributed by atoms with Crippen molar-refractivity contribution in [2.75, 3.05) is 44.2 Å². The van der Waals surface area contributed by atoms with Crippen LogP contribution in [0.1, 0.15) is 69.3 Å². The van der Waals surface area contributed by atoms with Crippen LogP contribution >= 0.6 is 0 Å². The molecule has 0 atom stereocenters. The highest BCUT2D eigenvalue weighted by Gasteiger charge is 2.34. The van der Waals surface area contributed by atoms with Crippen molar-refractivity contribution >= 4 is 28.9 Å². The van der Waals surface area contributed by atoms with Gasteiger partial charge >= 0.3 is 6.09 Å². The number of fused-ring (bicyclic) bond motifs is 1. The van der Waals surface area contributed by atoms with Crippen LogP contribution in [0.15, 0.2) is 12.1 Å². The van der Waals surface area contributed by atoms with Crippen LogP contribution in [0.5, 0.6) is 0 Å². The molecule has 0 spiro atoms. The van der Waals surface area contributed by atoms with Crippen molar-refractivity contribution in [2.24, 2.45) is 7.05 Å². The lowest BCUT2D eigenvalue weighted by atomic mass is 10.0. The summed E-state index contributed by atoms with van der Waals surface area (Å²) in [6.07, 6.45) is 7.50. The number of nitrogens with zero attached hydrogens (tertiary/aromatic N) is 6. The van der Waals surface area contributed by atoms with Crippen molar-refractivity contribution in [3.63, 3.8) is 0 Å². The minimum atomic E-state index is -0.230. The molecule has 0 unspecified atom stereocenters. The fourth-order valence-electron chi connectivity index (χ4n) is 5.02. The Labute approximate surface area is 202 Å². The standard InChI is InChI=1S/C22H30N6O3.C3H8/c1-25-20-17(6-7-18(23-20)26-10-4-2-3-5-11-26)19(24-25)21(29)27-12-8-16(9-13-27)28-14-15-31-22(28)30;1-3-2/h6-7,16H,2-5,8-15H2,1H3;3H2,1-2H3.